The molecule has 0 aromatic carbocycles. The van der Waals surface area contributed by atoms with Gasteiger partial charge in [0.1, 0.15) is 0 Å². The second-order valence-corrected chi connectivity index (χ2v) is 7.84. The first-order chi connectivity index (χ1) is 8.28. The summed E-state index contributed by atoms with van der Waals surface area (Å²) in [6, 6.07) is 0. The highest BCUT2D eigenvalue weighted by molar-refractivity contribution is 7.91. The minimum Gasteiger partial charge on any atom is -0.348 e. The maximum Gasteiger partial charge on any atom is 0.251 e. The Hall–Kier alpha value is -0.250. The summed E-state index contributed by atoms with van der Waals surface area (Å²) in [6.07, 6.45) is 0.934. The molecule has 0 bridgehead atoms. The van der Waals surface area contributed by atoms with Gasteiger partial charge in [-0.15, -0.1) is 0 Å². The zero-order valence-electron chi connectivity index (χ0n) is 9.84. The highest BCUT2D eigenvalue weighted by Crippen LogP contribution is 2.24. The lowest BCUT2D eigenvalue weighted by molar-refractivity contribution is -0.137. The third kappa shape index (κ3) is 3.40. The monoisotopic (exact) mass is 312 g/mol. The van der Waals surface area contributed by atoms with Crippen molar-refractivity contribution in [2.75, 3.05) is 13.2 Å². The Bertz CT molecular complexity index is 528. The van der Waals surface area contributed by atoms with Gasteiger partial charge in [-0.3, -0.25) is 0 Å². The smallest absolute Gasteiger partial charge is 0.251 e. The van der Waals surface area contributed by atoms with Gasteiger partial charge >= 0.3 is 0 Å². The fraction of sp³-hybridized carbons (Fsp3) is 0.667. The van der Waals surface area contributed by atoms with Crippen LogP contribution in [0.5, 0.6) is 0 Å². The average molecular weight is 313 g/mol. The van der Waals surface area contributed by atoms with Crippen LogP contribution in [0.1, 0.15) is 13.8 Å². The molecule has 0 saturated carbocycles. The minimum atomic E-state index is -3.58. The Morgan fingerprint density at radius 2 is 2.39 bits per heavy atom. The largest absolute Gasteiger partial charge is 0.348 e. The van der Waals surface area contributed by atoms with Crippen molar-refractivity contribution in [2.24, 2.45) is 0 Å². The summed E-state index contributed by atoms with van der Waals surface area (Å²) in [4.78, 5) is 3.69. The summed E-state index contributed by atoms with van der Waals surface area (Å²) in [5, 5.41) is 0. The van der Waals surface area contributed by atoms with E-state index in [-0.39, 0.29) is 21.3 Å². The van der Waals surface area contributed by atoms with Crippen LogP contribution in [0.25, 0.3) is 0 Å². The summed E-state index contributed by atoms with van der Waals surface area (Å²) in [5.74, 6) is -0.663. The molecule has 1 aliphatic heterocycles. The number of hydrogen-bond donors (Lipinski definition) is 1. The van der Waals surface area contributed by atoms with E-state index in [9.17, 15) is 8.42 Å². The van der Waals surface area contributed by atoms with Crippen molar-refractivity contribution in [1.29, 1.82) is 0 Å². The first-order valence-electron chi connectivity index (χ1n) is 5.21. The first-order valence-corrected chi connectivity index (χ1v) is 7.89. The molecule has 0 spiro atoms. The van der Waals surface area contributed by atoms with Crippen molar-refractivity contribution >= 4 is 33.0 Å². The molecule has 0 amide bonds. The summed E-state index contributed by atoms with van der Waals surface area (Å²) in [6.45, 7) is 4.08. The molecule has 1 saturated heterocycles. The van der Waals surface area contributed by atoms with Crippen LogP contribution in [0.4, 0.5) is 0 Å². The van der Waals surface area contributed by atoms with Gasteiger partial charge in [-0.25, -0.2) is 18.1 Å². The summed E-state index contributed by atoms with van der Waals surface area (Å²) in [5.41, 5.74) is 0. The predicted octanol–water partition coefficient (Wildman–Crippen LogP) is 1.23. The Morgan fingerprint density at radius 1 is 1.67 bits per heavy atom. The number of aromatic nitrogens is 1. The molecule has 1 fully saturated rings. The van der Waals surface area contributed by atoms with Crippen LogP contribution in [0.3, 0.4) is 0 Å². The van der Waals surface area contributed by atoms with Crippen molar-refractivity contribution in [3.63, 3.8) is 0 Å². The van der Waals surface area contributed by atoms with Gasteiger partial charge in [-0.1, -0.05) is 22.9 Å². The lowest BCUT2D eigenvalue weighted by atomic mass is 10.4. The van der Waals surface area contributed by atoms with Crippen LogP contribution in [0.15, 0.2) is 10.4 Å². The van der Waals surface area contributed by atoms with Crippen LogP contribution in [0, 0.1) is 0 Å². The van der Waals surface area contributed by atoms with Crippen LogP contribution >= 0.6 is 22.9 Å². The fourth-order valence-corrected chi connectivity index (χ4v) is 3.90. The van der Waals surface area contributed by atoms with Gasteiger partial charge in [0, 0.05) is 6.54 Å². The topological polar surface area (TPSA) is 77.5 Å². The summed E-state index contributed by atoms with van der Waals surface area (Å²) < 4.78 is 37.3. The molecular formula is C9H13ClN2O4S2. The van der Waals surface area contributed by atoms with E-state index in [2.05, 4.69) is 9.71 Å². The van der Waals surface area contributed by atoms with Crippen molar-refractivity contribution in [1.82, 2.24) is 9.71 Å². The van der Waals surface area contributed by atoms with Crippen molar-refractivity contribution in [3.8, 4) is 0 Å². The number of ether oxygens (including phenoxy) is 2. The van der Waals surface area contributed by atoms with E-state index in [4.69, 9.17) is 21.1 Å². The van der Waals surface area contributed by atoms with Crippen LogP contribution < -0.4 is 4.72 Å². The molecule has 1 N–H and O–H groups in total. The standard InChI is InChI=1S/C9H13ClN2O4S2/c1-9(2)15-5-6(16-9)3-12-18(13,14)7-4-11-8(10)17-7/h4,6,12H,3,5H2,1-2H3. The highest BCUT2D eigenvalue weighted by atomic mass is 35.5. The molecule has 1 aromatic heterocycles. The first kappa shape index (κ1) is 14.2. The summed E-state index contributed by atoms with van der Waals surface area (Å²) >= 11 is 6.51. The van der Waals surface area contributed by atoms with Crippen LogP contribution in [-0.2, 0) is 19.5 Å². The molecule has 2 rings (SSSR count). The van der Waals surface area contributed by atoms with Gasteiger partial charge in [0.05, 0.1) is 18.9 Å². The quantitative estimate of drug-likeness (QED) is 0.904. The van der Waals surface area contributed by atoms with Crippen LogP contribution in [-0.4, -0.2) is 38.4 Å². The molecular weight excluding hydrogens is 300 g/mol. The van der Waals surface area contributed by atoms with E-state index in [1.54, 1.807) is 13.8 Å². The third-order valence-electron chi connectivity index (χ3n) is 2.29. The maximum absolute atomic E-state index is 11.9. The van der Waals surface area contributed by atoms with E-state index in [0.717, 1.165) is 11.3 Å². The molecule has 18 heavy (non-hydrogen) atoms. The van der Waals surface area contributed by atoms with Gasteiger partial charge in [-0.2, -0.15) is 0 Å². The van der Waals surface area contributed by atoms with E-state index >= 15 is 0 Å². The van der Waals surface area contributed by atoms with Gasteiger partial charge < -0.3 is 9.47 Å². The second kappa shape index (κ2) is 5.03. The molecule has 0 radical (unpaired) electrons. The lowest BCUT2D eigenvalue weighted by Crippen LogP contribution is -2.34. The number of hydrogen-bond acceptors (Lipinski definition) is 6. The number of thiazole rings is 1. The van der Waals surface area contributed by atoms with Crippen LogP contribution in [0.2, 0.25) is 4.47 Å². The fourth-order valence-electron chi connectivity index (χ4n) is 1.50. The number of halogens is 1. The van der Waals surface area contributed by atoms with Gasteiger partial charge in [-0.05, 0) is 13.8 Å². The van der Waals surface area contributed by atoms with Crippen molar-refractivity contribution in [2.45, 2.75) is 29.9 Å². The van der Waals surface area contributed by atoms with E-state index in [0.29, 0.717) is 6.61 Å². The number of rotatable bonds is 4. The Labute approximate surface area is 114 Å². The molecule has 1 aromatic rings. The zero-order chi connectivity index (χ0) is 13.4. The number of sulfonamides is 1. The van der Waals surface area contributed by atoms with Gasteiger partial charge in [0.15, 0.2) is 14.5 Å². The molecule has 1 atom stereocenters. The Balaban J connectivity index is 1.94. The summed E-state index contributed by atoms with van der Waals surface area (Å²) in [7, 11) is -3.58. The Kier molecular flexibility index (Phi) is 3.96. The Morgan fingerprint density at radius 3 is 2.89 bits per heavy atom. The predicted molar refractivity (Wildman–Crippen MR) is 67.2 cm³/mol. The van der Waals surface area contributed by atoms with Crippen molar-refractivity contribution < 1.29 is 17.9 Å². The average Bonchev–Trinajstić information content (AvgIpc) is 2.82. The molecule has 1 aliphatic rings. The molecule has 102 valence electrons. The number of nitrogens with one attached hydrogen (secondary N) is 1. The SMILES string of the molecule is CC1(C)OCC(CNS(=O)(=O)c2cnc(Cl)s2)O1. The van der Waals surface area contributed by atoms with E-state index in [1.807, 2.05) is 0 Å². The van der Waals surface area contributed by atoms with Crippen molar-refractivity contribution in [3.05, 3.63) is 10.7 Å². The molecule has 6 nitrogen and oxygen atoms in total. The molecule has 0 aliphatic carbocycles. The lowest BCUT2D eigenvalue weighted by Gasteiger charge is -2.17. The maximum atomic E-state index is 11.9. The molecule has 2 heterocycles. The number of nitrogens with zero attached hydrogens (tertiary/aromatic N) is 1. The molecule has 9 heteroatoms. The molecule has 1 unspecified atom stereocenters. The van der Waals surface area contributed by atoms with E-state index in [1.165, 1.54) is 6.20 Å². The minimum absolute atomic E-state index is 0.0886. The van der Waals surface area contributed by atoms with E-state index < -0.39 is 15.8 Å². The third-order valence-corrected chi connectivity index (χ3v) is 5.29. The van der Waals surface area contributed by atoms with Gasteiger partial charge in [0.25, 0.3) is 10.0 Å². The normalized spacial score (nSPS) is 23.4. The highest BCUT2D eigenvalue weighted by Gasteiger charge is 2.33. The zero-order valence-corrected chi connectivity index (χ0v) is 12.2. The van der Waals surface area contributed by atoms with Gasteiger partial charge in [0.2, 0.25) is 0 Å². The second-order valence-electron chi connectivity index (χ2n) is 4.23.